The van der Waals surface area contributed by atoms with E-state index in [0.29, 0.717) is 5.56 Å². The lowest BCUT2D eigenvalue weighted by Crippen LogP contribution is -2.15. The zero-order chi connectivity index (χ0) is 13.2. The Bertz CT molecular complexity index is 431. The molecule has 0 saturated heterocycles. The molecule has 0 atom stereocenters. The summed E-state index contributed by atoms with van der Waals surface area (Å²) in [5.41, 5.74) is 2.55. The van der Waals surface area contributed by atoms with E-state index in [9.17, 15) is 4.79 Å². The Kier molecular flexibility index (Phi) is 4.21. The third-order valence-corrected chi connectivity index (χ3v) is 3.02. The number of carbonyl (C=O) groups is 1. The van der Waals surface area contributed by atoms with Gasteiger partial charge in [0.25, 0.3) is 0 Å². The van der Waals surface area contributed by atoms with E-state index in [1.165, 1.54) is 0 Å². The van der Waals surface area contributed by atoms with Crippen molar-refractivity contribution < 1.29 is 9.53 Å². The van der Waals surface area contributed by atoms with E-state index in [1.807, 2.05) is 19.1 Å². The van der Waals surface area contributed by atoms with Crippen molar-refractivity contribution in [2.24, 2.45) is 0 Å². The fraction of sp³-hybridized carbons (Fsp3) is 0.500. The number of hydrogen-bond acceptors (Lipinski definition) is 2. The molecule has 1 aromatic carbocycles. The van der Waals surface area contributed by atoms with Gasteiger partial charge in [-0.05, 0) is 30.0 Å². The molecular formula is C14H19ClO2. The number of ether oxygens (including phenoxy) is 1. The standard InChI is InChI=1S/C14H19ClO2/c1-9-6-13(17-5)11(14(2,3)4)7-10(9)12(16)8-15/h6-7H,8H2,1-5H3. The molecule has 0 aliphatic carbocycles. The molecule has 0 saturated carbocycles. The molecule has 0 N–H and O–H groups in total. The molecule has 0 bridgehead atoms. The van der Waals surface area contributed by atoms with Crippen LogP contribution in [-0.4, -0.2) is 18.8 Å². The summed E-state index contributed by atoms with van der Waals surface area (Å²) < 4.78 is 5.38. The lowest BCUT2D eigenvalue weighted by atomic mass is 9.84. The number of benzene rings is 1. The quantitative estimate of drug-likeness (QED) is 0.607. The number of ketones is 1. The van der Waals surface area contributed by atoms with Gasteiger partial charge in [0.15, 0.2) is 5.78 Å². The molecule has 0 heterocycles. The molecule has 94 valence electrons. The number of hydrogen-bond donors (Lipinski definition) is 0. The van der Waals surface area contributed by atoms with Crippen LogP contribution in [0, 0.1) is 6.92 Å². The van der Waals surface area contributed by atoms with Crippen molar-refractivity contribution in [2.75, 3.05) is 13.0 Å². The number of Topliss-reactive ketones (excluding diaryl/α,β-unsaturated/α-hetero) is 1. The normalized spacial score (nSPS) is 11.4. The number of rotatable bonds is 3. The predicted molar refractivity (Wildman–Crippen MR) is 71.5 cm³/mol. The number of aryl methyl sites for hydroxylation is 1. The zero-order valence-electron chi connectivity index (χ0n) is 11.1. The Balaban J connectivity index is 3.43. The first kappa shape index (κ1) is 14.0. The first-order valence-electron chi connectivity index (χ1n) is 5.59. The van der Waals surface area contributed by atoms with Crippen LogP contribution < -0.4 is 4.74 Å². The summed E-state index contributed by atoms with van der Waals surface area (Å²) >= 11 is 5.62. The Hall–Kier alpha value is -1.02. The highest BCUT2D eigenvalue weighted by Gasteiger charge is 2.22. The summed E-state index contributed by atoms with van der Waals surface area (Å²) in [5, 5.41) is 0. The fourth-order valence-corrected chi connectivity index (χ4v) is 1.95. The zero-order valence-corrected chi connectivity index (χ0v) is 11.8. The molecule has 0 unspecified atom stereocenters. The maximum absolute atomic E-state index is 11.7. The van der Waals surface area contributed by atoms with Gasteiger partial charge in [0.2, 0.25) is 0 Å². The van der Waals surface area contributed by atoms with E-state index < -0.39 is 0 Å². The van der Waals surface area contributed by atoms with Crippen LogP contribution in [0.2, 0.25) is 0 Å². The van der Waals surface area contributed by atoms with Gasteiger partial charge in [-0.15, -0.1) is 11.6 Å². The van der Waals surface area contributed by atoms with Gasteiger partial charge in [0, 0.05) is 11.1 Å². The average Bonchev–Trinajstić information content (AvgIpc) is 2.25. The molecular weight excluding hydrogens is 236 g/mol. The second-order valence-electron chi connectivity index (χ2n) is 5.17. The monoisotopic (exact) mass is 254 g/mol. The van der Waals surface area contributed by atoms with Gasteiger partial charge < -0.3 is 4.74 Å². The number of methoxy groups -OCH3 is 1. The fourth-order valence-electron chi connectivity index (χ4n) is 1.81. The van der Waals surface area contributed by atoms with Crippen molar-refractivity contribution in [3.63, 3.8) is 0 Å². The lowest BCUT2D eigenvalue weighted by Gasteiger charge is -2.23. The molecule has 1 aromatic rings. The first-order chi connectivity index (χ1) is 7.81. The molecule has 2 nitrogen and oxygen atoms in total. The van der Waals surface area contributed by atoms with Gasteiger partial charge in [-0.3, -0.25) is 4.79 Å². The summed E-state index contributed by atoms with van der Waals surface area (Å²) in [6, 6.07) is 3.80. The molecule has 3 heteroatoms. The first-order valence-corrected chi connectivity index (χ1v) is 6.13. The van der Waals surface area contributed by atoms with E-state index in [2.05, 4.69) is 20.8 Å². The molecule has 0 spiro atoms. The summed E-state index contributed by atoms with van der Waals surface area (Å²) in [7, 11) is 1.65. The van der Waals surface area contributed by atoms with Crippen LogP contribution in [0.25, 0.3) is 0 Å². The highest BCUT2D eigenvalue weighted by Crippen LogP contribution is 2.33. The molecule has 0 aliphatic heterocycles. The summed E-state index contributed by atoms with van der Waals surface area (Å²) in [5.74, 6) is 0.787. The van der Waals surface area contributed by atoms with E-state index >= 15 is 0 Å². The molecule has 17 heavy (non-hydrogen) atoms. The van der Waals surface area contributed by atoms with Crippen molar-refractivity contribution in [3.8, 4) is 5.75 Å². The average molecular weight is 255 g/mol. The largest absolute Gasteiger partial charge is 0.496 e. The van der Waals surface area contributed by atoms with Gasteiger partial charge in [-0.25, -0.2) is 0 Å². The van der Waals surface area contributed by atoms with E-state index in [-0.39, 0.29) is 17.1 Å². The van der Waals surface area contributed by atoms with Crippen LogP contribution in [0.3, 0.4) is 0 Å². The van der Waals surface area contributed by atoms with Crippen molar-refractivity contribution in [2.45, 2.75) is 33.1 Å². The summed E-state index contributed by atoms with van der Waals surface area (Å²) in [4.78, 5) is 11.7. The highest BCUT2D eigenvalue weighted by atomic mass is 35.5. The maximum Gasteiger partial charge on any atom is 0.177 e. The van der Waals surface area contributed by atoms with Gasteiger partial charge >= 0.3 is 0 Å². The smallest absolute Gasteiger partial charge is 0.177 e. The number of alkyl halides is 1. The third-order valence-electron chi connectivity index (χ3n) is 2.78. The Morgan fingerprint density at radius 3 is 2.35 bits per heavy atom. The van der Waals surface area contributed by atoms with Crippen LogP contribution in [-0.2, 0) is 5.41 Å². The number of carbonyl (C=O) groups excluding carboxylic acids is 1. The molecule has 0 fully saturated rings. The van der Waals surface area contributed by atoms with Crippen LogP contribution in [0.4, 0.5) is 0 Å². The Morgan fingerprint density at radius 2 is 1.94 bits per heavy atom. The minimum Gasteiger partial charge on any atom is -0.496 e. The Labute approximate surface area is 108 Å². The Morgan fingerprint density at radius 1 is 1.35 bits per heavy atom. The van der Waals surface area contributed by atoms with E-state index in [1.54, 1.807) is 7.11 Å². The second kappa shape index (κ2) is 5.09. The third kappa shape index (κ3) is 3.01. The predicted octanol–water partition coefficient (Wildman–Crippen LogP) is 3.72. The maximum atomic E-state index is 11.7. The molecule has 1 rings (SSSR count). The highest BCUT2D eigenvalue weighted by molar-refractivity contribution is 6.30. The van der Waals surface area contributed by atoms with E-state index in [4.69, 9.17) is 16.3 Å². The summed E-state index contributed by atoms with van der Waals surface area (Å²) in [6.07, 6.45) is 0. The van der Waals surface area contributed by atoms with Crippen molar-refractivity contribution >= 4 is 17.4 Å². The van der Waals surface area contributed by atoms with Crippen LogP contribution in [0.5, 0.6) is 5.75 Å². The van der Waals surface area contributed by atoms with Gasteiger partial charge in [0.1, 0.15) is 5.75 Å². The van der Waals surface area contributed by atoms with E-state index in [0.717, 1.165) is 16.9 Å². The van der Waals surface area contributed by atoms with Crippen molar-refractivity contribution in [1.29, 1.82) is 0 Å². The number of halogens is 1. The van der Waals surface area contributed by atoms with Gasteiger partial charge in [0.05, 0.1) is 13.0 Å². The molecule has 0 amide bonds. The van der Waals surface area contributed by atoms with Crippen LogP contribution >= 0.6 is 11.6 Å². The topological polar surface area (TPSA) is 26.3 Å². The SMILES string of the molecule is COc1cc(C)c(C(=O)CCl)cc1C(C)(C)C. The second-order valence-corrected chi connectivity index (χ2v) is 5.44. The summed E-state index contributed by atoms with van der Waals surface area (Å²) in [6.45, 7) is 8.17. The minimum absolute atomic E-state index is 0.0107. The van der Waals surface area contributed by atoms with Crippen LogP contribution in [0.15, 0.2) is 12.1 Å². The lowest BCUT2D eigenvalue weighted by molar-refractivity contribution is 0.102. The molecule has 0 aromatic heterocycles. The van der Waals surface area contributed by atoms with Gasteiger partial charge in [-0.1, -0.05) is 20.8 Å². The van der Waals surface area contributed by atoms with Gasteiger partial charge in [-0.2, -0.15) is 0 Å². The van der Waals surface area contributed by atoms with Crippen molar-refractivity contribution in [1.82, 2.24) is 0 Å². The minimum atomic E-state index is -0.0691. The molecule has 0 radical (unpaired) electrons. The van der Waals surface area contributed by atoms with Crippen molar-refractivity contribution in [3.05, 3.63) is 28.8 Å². The van der Waals surface area contributed by atoms with Crippen LogP contribution in [0.1, 0.15) is 42.3 Å². The molecule has 0 aliphatic rings.